The Bertz CT molecular complexity index is 548. The third-order valence-corrected chi connectivity index (χ3v) is 3.98. The molecule has 2 aromatic rings. The molecule has 0 spiro atoms. The topological polar surface area (TPSA) is 21.3 Å². The highest BCUT2D eigenvalue weighted by Gasteiger charge is 2.32. The molecule has 0 bridgehead atoms. The summed E-state index contributed by atoms with van der Waals surface area (Å²) >= 11 is 0. The summed E-state index contributed by atoms with van der Waals surface area (Å²) < 4.78 is 5.52. The van der Waals surface area contributed by atoms with Gasteiger partial charge in [0.05, 0.1) is 7.11 Å². The first kappa shape index (κ1) is 14.6. The molecule has 0 aliphatic rings. The van der Waals surface area contributed by atoms with Crippen molar-refractivity contribution in [2.75, 3.05) is 14.2 Å². The van der Waals surface area contributed by atoms with Gasteiger partial charge in [-0.15, -0.1) is 0 Å². The molecule has 2 nitrogen and oxygen atoms in total. The normalized spacial score (nSPS) is 13.0. The number of hydrogen-bond acceptors (Lipinski definition) is 2. The Labute approximate surface area is 121 Å². The van der Waals surface area contributed by atoms with Gasteiger partial charge in [-0.25, -0.2) is 0 Å². The number of nitrogens with one attached hydrogen (secondary N) is 1. The molecular weight excluding hydrogens is 246 g/mol. The van der Waals surface area contributed by atoms with Crippen LogP contribution in [0.15, 0.2) is 54.6 Å². The molecule has 2 heteroatoms. The Hall–Kier alpha value is -1.80. The first-order valence-corrected chi connectivity index (χ1v) is 6.97. The lowest BCUT2D eigenvalue weighted by Gasteiger charge is -2.36. The monoisotopic (exact) mass is 269 g/mol. The molecule has 2 rings (SSSR count). The fourth-order valence-corrected chi connectivity index (χ4v) is 2.84. The Morgan fingerprint density at radius 2 is 1.55 bits per heavy atom. The van der Waals surface area contributed by atoms with Crippen LogP contribution in [-0.2, 0) is 5.41 Å². The highest BCUT2D eigenvalue weighted by molar-refractivity contribution is 5.40. The van der Waals surface area contributed by atoms with Crippen molar-refractivity contribution in [2.24, 2.45) is 0 Å². The van der Waals surface area contributed by atoms with Crippen LogP contribution in [0.4, 0.5) is 0 Å². The van der Waals surface area contributed by atoms with Crippen molar-refractivity contribution in [1.82, 2.24) is 5.32 Å². The van der Waals surface area contributed by atoms with Crippen molar-refractivity contribution in [3.8, 4) is 5.75 Å². The zero-order valence-corrected chi connectivity index (χ0v) is 12.7. The van der Waals surface area contributed by atoms with E-state index in [0.717, 1.165) is 5.75 Å². The van der Waals surface area contributed by atoms with Gasteiger partial charge in [-0.05, 0) is 18.7 Å². The van der Waals surface area contributed by atoms with Crippen molar-refractivity contribution in [3.05, 3.63) is 65.7 Å². The molecule has 0 heterocycles. The Morgan fingerprint density at radius 1 is 0.950 bits per heavy atom. The van der Waals surface area contributed by atoms with E-state index in [1.807, 2.05) is 19.2 Å². The lowest BCUT2D eigenvalue weighted by atomic mass is 9.75. The van der Waals surface area contributed by atoms with E-state index in [0.29, 0.717) is 0 Å². The number of para-hydroxylation sites is 1. The highest BCUT2D eigenvalue weighted by Crippen LogP contribution is 2.39. The minimum absolute atomic E-state index is 0.0371. The number of likely N-dealkylation sites (N-methyl/N-ethyl adjacent to an activating group) is 1. The zero-order valence-electron chi connectivity index (χ0n) is 12.7. The maximum atomic E-state index is 5.52. The minimum atomic E-state index is -0.0371. The van der Waals surface area contributed by atoms with Crippen LogP contribution in [0.2, 0.25) is 0 Å². The van der Waals surface area contributed by atoms with Gasteiger partial charge in [-0.1, -0.05) is 62.4 Å². The smallest absolute Gasteiger partial charge is 0.123 e. The predicted octanol–water partition coefficient (Wildman–Crippen LogP) is 3.93. The molecule has 1 N–H and O–H groups in total. The highest BCUT2D eigenvalue weighted by atomic mass is 16.5. The van der Waals surface area contributed by atoms with E-state index in [9.17, 15) is 0 Å². The van der Waals surface area contributed by atoms with E-state index in [1.54, 1.807) is 7.11 Å². The van der Waals surface area contributed by atoms with Gasteiger partial charge in [0.25, 0.3) is 0 Å². The Balaban J connectivity index is 2.46. The molecular formula is C18H23NO. The maximum Gasteiger partial charge on any atom is 0.123 e. The van der Waals surface area contributed by atoms with Crippen molar-refractivity contribution >= 4 is 0 Å². The van der Waals surface area contributed by atoms with Crippen LogP contribution in [0.1, 0.15) is 31.0 Å². The molecule has 1 unspecified atom stereocenters. The molecule has 0 saturated carbocycles. The lowest BCUT2D eigenvalue weighted by molar-refractivity contribution is 0.345. The lowest BCUT2D eigenvalue weighted by Crippen LogP contribution is -2.35. The average Bonchev–Trinajstić information content (AvgIpc) is 2.49. The predicted molar refractivity (Wildman–Crippen MR) is 84.3 cm³/mol. The van der Waals surface area contributed by atoms with E-state index in [1.165, 1.54) is 11.1 Å². The van der Waals surface area contributed by atoms with Gasteiger partial charge in [0.15, 0.2) is 0 Å². The van der Waals surface area contributed by atoms with Crippen molar-refractivity contribution in [2.45, 2.75) is 25.3 Å². The quantitative estimate of drug-likeness (QED) is 0.888. The fourth-order valence-electron chi connectivity index (χ4n) is 2.84. The SMILES string of the molecule is CNC(c1ccccc1OC)C(C)(C)c1ccccc1. The molecule has 1 atom stereocenters. The van der Waals surface area contributed by atoms with Crippen molar-refractivity contribution in [1.29, 1.82) is 0 Å². The molecule has 2 aromatic carbocycles. The summed E-state index contributed by atoms with van der Waals surface area (Å²) in [5, 5.41) is 3.45. The van der Waals surface area contributed by atoms with Crippen molar-refractivity contribution < 1.29 is 4.74 Å². The van der Waals surface area contributed by atoms with Gasteiger partial charge in [0.2, 0.25) is 0 Å². The first-order valence-electron chi connectivity index (χ1n) is 6.97. The second kappa shape index (κ2) is 6.10. The standard InChI is InChI=1S/C18H23NO/c1-18(2,14-10-6-5-7-11-14)17(19-3)15-12-8-9-13-16(15)20-4/h5-13,17,19H,1-4H3. The summed E-state index contributed by atoms with van der Waals surface area (Å²) in [5.41, 5.74) is 2.46. The second-order valence-electron chi connectivity index (χ2n) is 5.55. The molecule has 0 aromatic heterocycles. The van der Waals surface area contributed by atoms with Crippen LogP contribution in [-0.4, -0.2) is 14.2 Å². The van der Waals surface area contributed by atoms with Crippen LogP contribution < -0.4 is 10.1 Å². The first-order chi connectivity index (χ1) is 9.61. The van der Waals surface area contributed by atoms with Gasteiger partial charge in [-0.3, -0.25) is 0 Å². The summed E-state index contributed by atoms with van der Waals surface area (Å²) in [6, 6.07) is 19.0. The number of ether oxygens (including phenoxy) is 1. The van der Waals surface area contributed by atoms with Gasteiger partial charge in [-0.2, -0.15) is 0 Å². The number of hydrogen-bond donors (Lipinski definition) is 1. The number of methoxy groups -OCH3 is 1. The second-order valence-corrected chi connectivity index (χ2v) is 5.55. The summed E-state index contributed by atoms with van der Waals surface area (Å²) in [7, 11) is 3.73. The van der Waals surface area contributed by atoms with Crippen LogP contribution in [0.3, 0.4) is 0 Å². The van der Waals surface area contributed by atoms with Gasteiger partial charge < -0.3 is 10.1 Å². The Morgan fingerprint density at radius 3 is 2.15 bits per heavy atom. The fraction of sp³-hybridized carbons (Fsp3) is 0.333. The van der Waals surface area contributed by atoms with E-state index in [4.69, 9.17) is 4.74 Å². The summed E-state index contributed by atoms with van der Waals surface area (Å²) in [5.74, 6) is 0.927. The van der Waals surface area contributed by atoms with Crippen LogP contribution in [0.5, 0.6) is 5.75 Å². The van der Waals surface area contributed by atoms with Gasteiger partial charge >= 0.3 is 0 Å². The molecule has 0 aliphatic heterocycles. The Kier molecular flexibility index (Phi) is 4.46. The molecule has 0 amide bonds. The molecule has 20 heavy (non-hydrogen) atoms. The van der Waals surface area contributed by atoms with Crippen LogP contribution >= 0.6 is 0 Å². The third kappa shape index (κ3) is 2.70. The molecule has 0 fully saturated rings. The number of benzene rings is 2. The van der Waals surface area contributed by atoms with E-state index in [-0.39, 0.29) is 11.5 Å². The largest absolute Gasteiger partial charge is 0.496 e. The molecule has 106 valence electrons. The van der Waals surface area contributed by atoms with Gasteiger partial charge in [0.1, 0.15) is 5.75 Å². The minimum Gasteiger partial charge on any atom is -0.496 e. The molecule has 0 radical (unpaired) electrons. The van der Waals surface area contributed by atoms with Crippen LogP contribution in [0.25, 0.3) is 0 Å². The third-order valence-electron chi connectivity index (χ3n) is 3.98. The maximum absolute atomic E-state index is 5.52. The summed E-state index contributed by atoms with van der Waals surface area (Å²) in [4.78, 5) is 0. The van der Waals surface area contributed by atoms with Crippen molar-refractivity contribution in [3.63, 3.8) is 0 Å². The van der Waals surface area contributed by atoms with E-state index >= 15 is 0 Å². The number of rotatable bonds is 5. The molecule has 0 saturated heterocycles. The van der Waals surface area contributed by atoms with E-state index < -0.39 is 0 Å². The van der Waals surface area contributed by atoms with E-state index in [2.05, 4.69) is 61.6 Å². The zero-order chi connectivity index (χ0) is 14.6. The average molecular weight is 269 g/mol. The van der Waals surface area contributed by atoms with Crippen LogP contribution in [0, 0.1) is 0 Å². The summed E-state index contributed by atoms with van der Waals surface area (Å²) in [6.07, 6.45) is 0. The van der Waals surface area contributed by atoms with Gasteiger partial charge in [0, 0.05) is 17.0 Å². The molecule has 0 aliphatic carbocycles. The summed E-state index contributed by atoms with van der Waals surface area (Å²) in [6.45, 7) is 4.52.